The maximum Gasteiger partial charge on any atom is 0.128 e. The molecule has 4 heteroatoms. The van der Waals surface area contributed by atoms with Gasteiger partial charge in [0.1, 0.15) is 5.82 Å². The van der Waals surface area contributed by atoms with E-state index in [1.54, 1.807) is 0 Å². The summed E-state index contributed by atoms with van der Waals surface area (Å²) < 4.78 is 0. The molecule has 1 N–H and O–H groups in total. The molecule has 0 saturated carbocycles. The molecule has 0 aromatic carbocycles. The summed E-state index contributed by atoms with van der Waals surface area (Å²) in [5.74, 6) is 1.14. The highest BCUT2D eigenvalue weighted by Gasteiger charge is 2.17. The van der Waals surface area contributed by atoms with Crippen molar-refractivity contribution in [1.29, 1.82) is 0 Å². The SMILES string of the molecule is CCCNCc1ccnc(N2CCN(CCC)CC2)c1. The number of hydrogen-bond acceptors (Lipinski definition) is 4. The van der Waals surface area contributed by atoms with E-state index < -0.39 is 0 Å². The molecule has 0 amide bonds. The second-order valence-electron chi connectivity index (χ2n) is 5.53. The number of nitrogens with zero attached hydrogens (tertiary/aromatic N) is 3. The van der Waals surface area contributed by atoms with Gasteiger partial charge in [0.05, 0.1) is 0 Å². The van der Waals surface area contributed by atoms with Crippen LogP contribution in [0, 0.1) is 0 Å². The van der Waals surface area contributed by atoms with Crippen molar-refractivity contribution in [3.05, 3.63) is 23.9 Å². The number of aromatic nitrogens is 1. The Hall–Kier alpha value is -1.13. The van der Waals surface area contributed by atoms with Crippen LogP contribution in [0.5, 0.6) is 0 Å². The molecule has 1 saturated heterocycles. The quantitative estimate of drug-likeness (QED) is 0.773. The third kappa shape index (κ3) is 4.46. The number of pyridine rings is 1. The van der Waals surface area contributed by atoms with Crippen LogP contribution in [0.2, 0.25) is 0 Å². The standard InChI is InChI=1S/C16H28N4/c1-3-6-17-14-15-5-7-18-16(13-15)20-11-9-19(8-4-2)10-12-20/h5,7,13,17H,3-4,6,8-12,14H2,1-2H3. The van der Waals surface area contributed by atoms with Gasteiger partial charge in [0.15, 0.2) is 0 Å². The van der Waals surface area contributed by atoms with Crippen molar-refractivity contribution in [3.63, 3.8) is 0 Å². The molecule has 0 atom stereocenters. The van der Waals surface area contributed by atoms with E-state index in [2.05, 4.69) is 46.1 Å². The van der Waals surface area contributed by atoms with E-state index in [-0.39, 0.29) is 0 Å². The fourth-order valence-electron chi connectivity index (χ4n) is 2.67. The van der Waals surface area contributed by atoms with Crippen LogP contribution in [0.3, 0.4) is 0 Å². The van der Waals surface area contributed by atoms with Gasteiger partial charge in [-0.15, -0.1) is 0 Å². The lowest BCUT2D eigenvalue weighted by Crippen LogP contribution is -2.46. The van der Waals surface area contributed by atoms with Crippen LogP contribution in [0.25, 0.3) is 0 Å². The van der Waals surface area contributed by atoms with E-state index in [0.717, 1.165) is 45.1 Å². The summed E-state index contributed by atoms with van der Waals surface area (Å²) in [7, 11) is 0. The van der Waals surface area contributed by atoms with Gasteiger partial charge in [0.25, 0.3) is 0 Å². The molecular weight excluding hydrogens is 248 g/mol. The largest absolute Gasteiger partial charge is 0.354 e. The van der Waals surface area contributed by atoms with Crippen LogP contribution < -0.4 is 10.2 Å². The van der Waals surface area contributed by atoms with Crippen molar-refractivity contribution in [3.8, 4) is 0 Å². The average Bonchev–Trinajstić information content (AvgIpc) is 2.49. The summed E-state index contributed by atoms with van der Waals surface area (Å²) in [4.78, 5) is 9.50. The van der Waals surface area contributed by atoms with E-state index >= 15 is 0 Å². The average molecular weight is 276 g/mol. The van der Waals surface area contributed by atoms with E-state index in [4.69, 9.17) is 0 Å². The third-order valence-electron chi connectivity index (χ3n) is 3.80. The highest BCUT2D eigenvalue weighted by atomic mass is 15.3. The van der Waals surface area contributed by atoms with Crippen molar-refractivity contribution in [1.82, 2.24) is 15.2 Å². The molecule has 1 aromatic rings. The summed E-state index contributed by atoms with van der Waals surface area (Å²) in [6.07, 6.45) is 4.37. The summed E-state index contributed by atoms with van der Waals surface area (Å²) in [6, 6.07) is 4.34. The Labute approximate surface area is 123 Å². The van der Waals surface area contributed by atoms with Crippen molar-refractivity contribution >= 4 is 5.82 Å². The molecule has 0 spiro atoms. The Balaban J connectivity index is 1.87. The number of nitrogens with one attached hydrogen (secondary N) is 1. The third-order valence-corrected chi connectivity index (χ3v) is 3.80. The molecule has 0 radical (unpaired) electrons. The zero-order chi connectivity index (χ0) is 14.2. The first-order chi connectivity index (χ1) is 9.83. The molecule has 2 rings (SSSR count). The Morgan fingerprint density at radius 3 is 2.65 bits per heavy atom. The van der Waals surface area contributed by atoms with Gasteiger partial charge in [-0.1, -0.05) is 13.8 Å². The Morgan fingerprint density at radius 2 is 1.95 bits per heavy atom. The van der Waals surface area contributed by atoms with Crippen molar-refractivity contribution < 1.29 is 0 Å². The lowest BCUT2D eigenvalue weighted by molar-refractivity contribution is 0.258. The number of rotatable bonds is 7. The molecular formula is C16H28N4. The lowest BCUT2D eigenvalue weighted by atomic mass is 10.2. The first kappa shape index (κ1) is 15.3. The summed E-state index contributed by atoms with van der Waals surface area (Å²) >= 11 is 0. The number of piperazine rings is 1. The van der Waals surface area contributed by atoms with Crippen LogP contribution in [0.15, 0.2) is 18.3 Å². The summed E-state index contributed by atoms with van der Waals surface area (Å²) in [5, 5.41) is 3.45. The van der Waals surface area contributed by atoms with E-state index in [1.807, 2.05) is 6.20 Å². The molecule has 1 aliphatic heterocycles. The van der Waals surface area contributed by atoms with Gasteiger partial charge in [-0.3, -0.25) is 4.90 Å². The first-order valence-corrected chi connectivity index (χ1v) is 7.96. The van der Waals surface area contributed by atoms with E-state index in [9.17, 15) is 0 Å². The molecule has 2 heterocycles. The highest BCUT2D eigenvalue weighted by Crippen LogP contribution is 2.15. The van der Waals surface area contributed by atoms with Gasteiger partial charge in [-0.25, -0.2) is 4.98 Å². The minimum atomic E-state index is 0.944. The fourth-order valence-corrected chi connectivity index (χ4v) is 2.67. The Morgan fingerprint density at radius 1 is 1.15 bits per heavy atom. The highest BCUT2D eigenvalue weighted by molar-refractivity contribution is 5.41. The van der Waals surface area contributed by atoms with Gasteiger partial charge in [0, 0.05) is 38.9 Å². The van der Waals surface area contributed by atoms with Crippen LogP contribution in [0.4, 0.5) is 5.82 Å². The van der Waals surface area contributed by atoms with E-state index in [1.165, 1.54) is 24.9 Å². The normalized spacial score (nSPS) is 16.6. The number of hydrogen-bond donors (Lipinski definition) is 1. The molecule has 1 fully saturated rings. The molecule has 112 valence electrons. The zero-order valence-electron chi connectivity index (χ0n) is 12.9. The second kappa shape index (κ2) is 8.22. The maximum absolute atomic E-state index is 4.54. The van der Waals surface area contributed by atoms with Crippen molar-refractivity contribution in [2.75, 3.05) is 44.2 Å². The number of anilines is 1. The minimum absolute atomic E-state index is 0.944. The van der Waals surface area contributed by atoms with Crippen LogP contribution >= 0.6 is 0 Å². The predicted octanol–water partition coefficient (Wildman–Crippen LogP) is 2.11. The molecule has 4 nitrogen and oxygen atoms in total. The summed E-state index contributed by atoms with van der Waals surface area (Å²) in [6.45, 7) is 12.2. The van der Waals surface area contributed by atoms with Gasteiger partial charge < -0.3 is 10.2 Å². The molecule has 0 unspecified atom stereocenters. The van der Waals surface area contributed by atoms with Crippen LogP contribution in [-0.4, -0.2) is 49.2 Å². The first-order valence-electron chi connectivity index (χ1n) is 7.96. The Kier molecular flexibility index (Phi) is 6.27. The molecule has 1 aromatic heterocycles. The molecule has 1 aliphatic rings. The van der Waals surface area contributed by atoms with Crippen LogP contribution in [0.1, 0.15) is 32.3 Å². The lowest BCUT2D eigenvalue weighted by Gasteiger charge is -2.35. The zero-order valence-corrected chi connectivity index (χ0v) is 12.9. The monoisotopic (exact) mass is 276 g/mol. The van der Waals surface area contributed by atoms with Crippen LogP contribution in [-0.2, 0) is 6.54 Å². The fraction of sp³-hybridized carbons (Fsp3) is 0.688. The van der Waals surface area contributed by atoms with Gasteiger partial charge in [0.2, 0.25) is 0 Å². The van der Waals surface area contributed by atoms with Crippen molar-refractivity contribution in [2.24, 2.45) is 0 Å². The topological polar surface area (TPSA) is 31.4 Å². The molecule has 0 aliphatic carbocycles. The minimum Gasteiger partial charge on any atom is -0.354 e. The predicted molar refractivity (Wildman–Crippen MR) is 85.2 cm³/mol. The molecule has 20 heavy (non-hydrogen) atoms. The second-order valence-corrected chi connectivity index (χ2v) is 5.53. The smallest absolute Gasteiger partial charge is 0.128 e. The molecule has 0 bridgehead atoms. The van der Waals surface area contributed by atoms with Crippen molar-refractivity contribution in [2.45, 2.75) is 33.2 Å². The summed E-state index contributed by atoms with van der Waals surface area (Å²) in [5.41, 5.74) is 1.33. The van der Waals surface area contributed by atoms with Gasteiger partial charge in [-0.2, -0.15) is 0 Å². The Bertz CT molecular complexity index is 386. The maximum atomic E-state index is 4.54. The van der Waals surface area contributed by atoms with Gasteiger partial charge in [-0.05, 0) is 43.6 Å². The van der Waals surface area contributed by atoms with E-state index in [0.29, 0.717) is 0 Å². The van der Waals surface area contributed by atoms with Gasteiger partial charge >= 0.3 is 0 Å².